The van der Waals surface area contributed by atoms with Gasteiger partial charge >= 0.3 is 0 Å². The van der Waals surface area contributed by atoms with Crippen LogP contribution in [0.1, 0.15) is 12.5 Å². The van der Waals surface area contributed by atoms with Gasteiger partial charge in [-0.25, -0.2) is 0 Å². The third-order valence-corrected chi connectivity index (χ3v) is 5.03. The highest BCUT2D eigenvalue weighted by molar-refractivity contribution is 7.98. The second kappa shape index (κ2) is 6.90. The molecule has 1 aliphatic rings. The normalized spacial score (nSPS) is 15.4. The molecule has 0 bridgehead atoms. The van der Waals surface area contributed by atoms with Crippen LogP contribution < -0.4 is 10.1 Å². The average molecular weight is 371 g/mol. The van der Waals surface area contributed by atoms with Crippen molar-refractivity contribution in [2.24, 2.45) is 0 Å². The van der Waals surface area contributed by atoms with Gasteiger partial charge in [-0.1, -0.05) is 59.8 Å². The van der Waals surface area contributed by atoms with E-state index in [2.05, 4.69) is 20.5 Å². The summed E-state index contributed by atoms with van der Waals surface area (Å²) in [5, 5.41) is 13.2. The summed E-state index contributed by atoms with van der Waals surface area (Å²) in [6, 6.07) is 15.6. The van der Waals surface area contributed by atoms with Gasteiger partial charge in [0, 0.05) is 22.0 Å². The van der Waals surface area contributed by atoms with Crippen LogP contribution in [0.5, 0.6) is 5.88 Å². The molecule has 1 aromatic heterocycles. The lowest BCUT2D eigenvalue weighted by molar-refractivity contribution is 0.240. The first kappa shape index (κ1) is 16.2. The molecule has 0 saturated carbocycles. The molecule has 25 heavy (non-hydrogen) atoms. The Balaban J connectivity index is 1.63. The zero-order valence-corrected chi connectivity index (χ0v) is 15.0. The van der Waals surface area contributed by atoms with Crippen LogP contribution in [-0.4, -0.2) is 21.4 Å². The van der Waals surface area contributed by atoms with Crippen molar-refractivity contribution in [3.05, 3.63) is 59.1 Å². The smallest absolute Gasteiger partial charge is 0.247 e. The van der Waals surface area contributed by atoms with E-state index in [0.717, 1.165) is 21.8 Å². The summed E-state index contributed by atoms with van der Waals surface area (Å²) in [6.07, 6.45) is -0.208. The lowest BCUT2D eigenvalue weighted by atomic mass is 10.1. The summed E-state index contributed by atoms with van der Waals surface area (Å²) in [4.78, 5) is 4.55. The number of hydrogen-bond acceptors (Lipinski definition) is 6. The first-order chi connectivity index (χ1) is 12.2. The maximum atomic E-state index is 6.20. The van der Waals surface area contributed by atoms with Crippen LogP contribution in [0.2, 0.25) is 5.02 Å². The molecule has 0 spiro atoms. The van der Waals surface area contributed by atoms with Crippen LogP contribution in [0.25, 0.3) is 11.3 Å². The van der Waals surface area contributed by atoms with E-state index in [1.54, 1.807) is 0 Å². The maximum Gasteiger partial charge on any atom is 0.247 e. The first-order valence-corrected chi connectivity index (χ1v) is 9.20. The Labute approximate surface area is 154 Å². The minimum absolute atomic E-state index is 0.208. The van der Waals surface area contributed by atoms with Crippen molar-refractivity contribution in [3.8, 4) is 17.1 Å². The molecule has 7 heteroatoms. The van der Waals surface area contributed by atoms with Crippen molar-refractivity contribution < 1.29 is 4.74 Å². The van der Waals surface area contributed by atoms with Gasteiger partial charge < -0.3 is 10.1 Å². The number of halogens is 1. The predicted molar refractivity (Wildman–Crippen MR) is 100.0 cm³/mol. The number of fused-ring (bicyclic) bond motifs is 3. The molecule has 3 aromatic rings. The zero-order chi connectivity index (χ0) is 17.2. The highest BCUT2D eigenvalue weighted by atomic mass is 35.5. The van der Waals surface area contributed by atoms with Crippen LogP contribution in [0.3, 0.4) is 0 Å². The van der Waals surface area contributed by atoms with E-state index in [1.165, 1.54) is 11.8 Å². The predicted octanol–water partition coefficient (Wildman–Crippen LogP) is 4.63. The van der Waals surface area contributed by atoms with E-state index in [1.807, 2.05) is 55.5 Å². The van der Waals surface area contributed by atoms with Crippen LogP contribution in [0.15, 0.2) is 53.7 Å². The summed E-state index contributed by atoms with van der Waals surface area (Å²) < 4.78 is 5.89. The molecule has 0 radical (unpaired) electrons. The average Bonchev–Trinajstić information content (AvgIpc) is 2.75. The number of hydrogen-bond donors (Lipinski definition) is 1. The monoisotopic (exact) mass is 370 g/mol. The number of thioether (sulfide) groups is 1. The number of ether oxygens (including phenoxy) is 1. The Morgan fingerprint density at radius 2 is 1.92 bits per heavy atom. The molecule has 4 rings (SSSR count). The molecule has 0 saturated heterocycles. The van der Waals surface area contributed by atoms with Crippen molar-refractivity contribution in [1.29, 1.82) is 0 Å². The largest absolute Gasteiger partial charge is 0.452 e. The van der Waals surface area contributed by atoms with Gasteiger partial charge in [0.15, 0.2) is 11.9 Å². The molecule has 126 valence electrons. The molecule has 0 aliphatic carbocycles. The van der Waals surface area contributed by atoms with Gasteiger partial charge in [-0.2, -0.15) is 4.98 Å². The standard InChI is InChI=1S/C18H15ClN4OS/c1-11-20-15-9-5-3-7-13(15)16-17(24-11)21-18(23-22-16)25-10-12-6-2-4-8-14(12)19/h2-9,11,20H,10H2,1H3/t11-/m0/s1. The fraction of sp³-hybridized carbons (Fsp3) is 0.167. The number of anilines is 1. The van der Waals surface area contributed by atoms with Crippen molar-refractivity contribution in [3.63, 3.8) is 0 Å². The van der Waals surface area contributed by atoms with Crippen LogP contribution in [0, 0.1) is 0 Å². The summed E-state index contributed by atoms with van der Waals surface area (Å²) in [5.41, 5.74) is 3.58. The quantitative estimate of drug-likeness (QED) is 0.678. The summed E-state index contributed by atoms with van der Waals surface area (Å²) >= 11 is 7.68. The second-order valence-electron chi connectivity index (χ2n) is 5.58. The lowest BCUT2D eigenvalue weighted by Gasteiger charge is -2.13. The number of para-hydroxylation sites is 1. The molecular formula is C18H15ClN4OS. The number of aromatic nitrogens is 3. The molecular weight excluding hydrogens is 356 g/mol. The van der Waals surface area contributed by atoms with Crippen molar-refractivity contribution in [1.82, 2.24) is 15.2 Å². The van der Waals surface area contributed by atoms with E-state index in [0.29, 0.717) is 22.5 Å². The van der Waals surface area contributed by atoms with Gasteiger partial charge in [-0.3, -0.25) is 0 Å². The van der Waals surface area contributed by atoms with Gasteiger partial charge in [-0.15, -0.1) is 10.2 Å². The van der Waals surface area contributed by atoms with Gasteiger partial charge in [0.25, 0.3) is 0 Å². The summed E-state index contributed by atoms with van der Waals surface area (Å²) in [7, 11) is 0. The minimum atomic E-state index is -0.208. The molecule has 1 atom stereocenters. The molecule has 2 heterocycles. The second-order valence-corrected chi connectivity index (χ2v) is 6.93. The molecule has 1 N–H and O–H groups in total. The highest BCUT2D eigenvalue weighted by Crippen LogP contribution is 2.36. The minimum Gasteiger partial charge on any atom is -0.452 e. The van der Waals surface area contributed by atoms with Gasteiger partial charge in [0.2, 0.25) is 11.0 Å². The number of rotatable bonds is 3. The van der Waals surface area contributed by atoms with Crippen LogP contribution >= 0.6 is 23.4 Å². The Kier molecular flexibility index (Phi) is 4.46. The Morgan fingerprint density at radius 3 is 2.80 bits per heavy atom. The highest BCUT2D eigenvalue weighted by Gasteiger charge is 2.22. The van der Waals surface area contributed by atoms with Crippen LogP contribution in [-0.2, 0) is 5.75 Å². The third-order valence-electron chi connectivity index (χ3n) is 3.78. The molecule has 0 amide bonds. The van der Waals surface area contributed by atoms with E-state index >= 15 is 0 Å². The molecule has 0 fully saturated rings. The summed E-state index contributed by atoms with van der Waals surface area (Å²) in [6.45, 7) is 1.94. The fourth-order valence-electron chi connectivity index (χ4n) is 2.60. The molecule has 1 aliphatic heterocycles. The Bertz CT molecular complexity index is 921. The van der Waals surface area contributed by atoms with Crippen LogP contribution in [0.4, 0.5) is 5.69 Å². The number of nitrogens with zero attached hydrogens (tertiary/aromatic N) is 3. The zero-order valence-electron chi connectivity index (χ0n) is 13.4. The van der Waals surface area contributed by atoms with E-state index in [4.69, 9.17) is 16.3 Å². The number of benzene rings is 2. The van der Waals surface area contributed by atoms with E-state index in [9.17, 15) is 0 Å². The Hall–Kier alpha value is -2.31. The van der Waals surface area contributed by atoms with Gasteiger partial charge in [-0.05, 0) is 24.6 Å². The van der Waals surface area contributed by atoms with Crippen molar-refractivity contribution in [2.75, 3.05) is 5.32 Å². The lowest BCUT2D eigenvalue weighted by Crippen LogP contribution is -2.21. The third kappa shape index (κ3) is 3.41. The Morgan fingerprint density at radius 1 is 1.12 bits per heavy atom. The molecule has 0 unspecified atom stereocenters. The van der Waals surface area contributed by atoms with E-state index in [-0.39, 0.29) is 6.23 Å². The van der Waals surface area contributed by atoms with Gasteiger partial charge in [0.05, 0.1) is 0 Å². The molecule has 2 aromatic carbocycles. The van der Waals surface area contributed by atoms with Gasteiger partial charge in [0.1, 0.15) is 0 Å². The van der Waals surface area contributed by atoms with E-state index < -0.39 is 0 Å². The van der Waals surface area contributed by atoms with Crippen molar-refractivity contribution >= 4 is 29.1 Å². The van der Waals surface area contributed by atoms with Crippen molar-refractivity contribution in [2.45, 2.75) is 24.1 Å². The molecule has 5 nitrogen and oxygen atoms in total. The summed E-state index contributed by atoms with van der Waals surface area (Å²) in [5.74, 6) is 1.16. The SMILES string of the molecule is C[C@H]1Nc2ccccc2-c2nnc(SCc3ccccc3Cl)nc2O1. The number of nitrogens with one attached hydrogen (secondary N) is 1. The topological polar surface area (TPSA) is 59.9 Å². The fourth-order valence-corrected chi connectivity index (χ4v) is 3.66. The first-order valence-electron chi connectivity index (χ1n) is 7.84. The maximum absolute atomic E-state index is 6.20.